The van der Waals surface area contributed by atoms with E-state index >= 15 is 0 Å². The number of fused-ring (bicyclic) bond motifs is 1. The molecule has 1 atom stereocenters. The zero-order valence-corrected chi connectivity index (χ0v) is 14.5. The molecule has 1 heteroatoms. The molecule has 21 heavy (non-hydrogen) atoms. The molecule has 0 saturated heterocycles. The van der Waals surface area contributed by atoms with Gasteiger partial charge in [-0.3, -0.25) is 0 Å². The standard InChI is InChI=1S/C20H33N/c1-5-6-7-8-9-10-11-16-15-21-19-13-12-17(14-18(16)19)20(2,3)4/h12-14,16,21H,5-11,15H2,1-4H3. The zero-order valence-electron chi connectivity index (χ0n) is 14.5. The van der Waals surface area contributed by atoms with Crippen molar-refractivity contribution in [2.75, 3.05) is 11.9 Å². The molecule has 0 aliphatic carbocycles. The minimum atomic E-state index is 0.252. The van der Waals surface area contributed by atoms with Crippen LogP contribution in [-0.4, -0.2) is 6.54 Å². The van der Waals surface area contributed by atoms with Crippen molar-refractivity contribution < 1.29 is 0 Å². The van der Waals surface area contributed by atoms with Gasteiger partial charge in [-0.05, 0) is 29.0 Å². The van der Waals surface area contributed by atoms with Gasteiger partial charge in [-0.15, -0.1) is 0 Å². The van der Waals surface area contributed by atoms with Crippen LogP contribution in [0.25, 0.3) is 0 Å². The molecule has 0 bridgehead atoms. The summed E-state index contributed by atoms with van der Waals surface area (Å²) in [4.78, 5) is 0. The molecule has 0 amide bonds. The Balaban J connectivity index is 1.88. The van der Waals surface area contributed by atoms with Crippen LogP contribution in [0.3, 0.4) is 0 Å². The molecule has 0 aromatic heterocycles. The quantitative estimate of drug-likeness (QED) is 0.585. The van der Waals surface area contributed by atoms with E-state index < -0.39 is 0 Å². The zero-order chi connectivity index (χ0) is 15.3. The first kappa shape index (κ1) is 16.4. The molecule has 2 rings (SSSR count). The Hall–Kier alpha value is -0.980. The van der Waals surface area contributed by atoms with Gasteiger partial charge in [0.25, 0.3) is 0 Å². The summed E-state index contributed by atoms with van der Waals surface area (Å²) < 4.78 is 0. The fourth-order valence-electron chi connectivity index (χ4n) is 3.30. The minimum absolute atomic E-state index is 0.252. The van der Waals surface area contributed by atoms with Gasteiger partial charge in [-0.2, -0.15) is 0 Å². The molecular weight excluding hydrogens is 254 g/mol. The molecule has 0 spiro atoms. The molecule has 1 N–H and O–H groups in total. The monoisotopic (exact) mass is 287 g/mol. The Morgan fingerprint density at radius 2 is 1.76 bits per heavy atom. The fraction of sp³-hybridized carbons (Fsp3) is 0.700. The molecule has 0 saturated carbocycles. The largest absolute Gasteiger partial charge is 0.384 e. The Morgan fingerprint density at radius 3 is 2.48 bits per heavy atom. The van der Waals surface area contributed by atoms with Crippen molar-refractivity contribution >= 4 is 5.69 Å². The topological polar surface area (TPSA) is 12.0 Å². The summed E-state index contributed by atoms with van der Waals surface area (Å²) in [5.41, 5.74) is 4.66. The van der Waals surface area contributed by atoms with E-state index in [0.29, 0.717) is 0 Å². The maximum atomic E-state index is 3.59. The van der Waals surface area contributed by atoms with Crippen molar-refractivity contribution in [1.29, 1.82) is 0 Å². The van der Waals surface area contributed by atoms with Gasteiger partial charge < -0.3 is 5.32 Å². The number of unbranched alkanes of at least 4 members (excludes halogenated alkanes) is 5. The Labute approximate surface area is 131 Å². The van der Waals surface area contributed by atoms with Crippen LogP contribution in [0.4, 0.5) is 5.69 Å². The van der Waals surface area contributed by atoms with Crippen molar-refractivity contribution in [3.05, 3.63) is 29.3 Å². The molecule has 0 radical (unpaired) electrons. The van der Waals surface area contributed by atoms with E-state index in [0.717, 1.165) is 12.5 Å². The minimum Gasteiger partial charge on any atom is -0.384 e. The summed E-state index contributed by atoms with van der Waals surface area (Å²) >= 11 is 0. The number of rotatable bonds is 7. The summed E-state index contributed by atoms with van der Waals surface area (Å²) in [6.07, 6.45) is 9.73. The highest BCUT2D eigenvalue weighted by Gasteiger charge is 2.24. The van der Waals surface area contributed by atoms with Crippen LogP contribution in [0, 0.1) is 0 Å². The van der Waals surface area contributed by atoms with E-state index in [1.54, 1.807) is 5.56 Å². The van der Waals surface area contributed by atoms with Crippen LogP contribution >= 0.6 is 0 Å². The molecule has 1 aliphatic rings. The molecule has 1 unspecified atom stereocenters. The summed E-state index contributed by atoms with van der Waals surface area (Å²) in [5.74, 6) is 0.730. The third kappa shape index (κ3) is 4.49. The lowest BCUT2D eigenvalue weighted by atomic mass is 9.84. The highest BCUT2D eigenvalue weighted by atomic mass is 14.9. The van der Waals surface area contributed by atoms with Crippen molar-refractivity contribution in [3.8, 4) is 0 Å². The number of nitrogens with one attached hydrogen (secondary N) is 1. The molecule has 0 fully saturated rings. The average Bonchev–Trinajstić information content (AvgIpc) is 2.84. The third-order valence-corrected chi connectivity index (χ3v) is 4.80. The second-order valence-corrected chi connectivity index (χ2v) is 7.69. The highest BCUT2D eigenvalue weighted by Crippen LogP contribution is 2.37. The fourth-order valence-corrected chi connectivity index (χ4v) is 3.30. The summed E-state index contributed by atoms with van der Waals surface area (Å²) in [7, 11) is 0. The maximum Gasteiger partial charge on any atom is 0.0376 e. The van der Waals surface area contributed by atoms with Crippen molar-refractivity contribution in [1.82, 2.24) is 0 Å². The van der Waals surface area contributed by atoms with Crippen molar-refractivity contribution in [3.63, 3.8) is 0 Å². The van der Waals surface area contributed by atoms with Crippen molar-refractivity contribution in [2.24, 2.45) is 0 Å². The predicted octanol–water partition coefficient (Wildman–Crippen LogP) is 6.24. The molecule has 118 valence electrons. The van der Waals surface area contributed by atoms with Crippen LogP contribution in [0.15, 0.2) is 18.2 Å². The van der Waals surface area contributed by atoms with Gasteiger partial charge in [0.2, 0.25) is 0 Å². The lowest BCUT2D eigenvalue weighted by Crippen LogP contribution is -2.11. The molecule has 1 aromatic rings. The second-order valence-electron chi connectivity index (χ2n) is 7.69. The van der Waals surface area contributed by atoms with E-state index in [1.807, 2.05) is 0 Å². The Morgan fingerprint density at radius 1 is 1.05 bits per heavy atom. The van der Waals surface area contributed by atoms with Gasteiger partial charge in [0.1, 0.15) is 0 Å². The van der Waals surface area contributed by atoms with Gasteiger partial charge in [0, 0.05) is 18.2 Å². The first-order valence-corrected chi connectivity index (χ1v) is 8.90. The van der Waals surface area contributed by atoms with Crippen molar-refractivity contribution in [2.45, 2.75) is 84.0 Å². The van der Waals surface area contributed by atoms with Crippen LogP contribution < -0.4 is 5.32 Å². The summed E-state index contributed by atoms with van der Waals surface area (Å²) in [6, 6.07) is 7.03. The lowest BCUT2D eigenvalue weighted by molar-refractivity contribution is 0.554. The van der Waals surface area contributed by atoms with E-state index in [9.17, 15) is 0 Å². The van der Waals surface area contributed by atoms with E-state index in [-0.39, 0.29) is 5.41 Å². The first-order chi connectivity index (χ1) is 10.0. The molecule has 1 heterocycles. The SMILES string of the molecule is CCCCCCCCC1CNc2ccc(C(C)(C)C)cc21. The Bertz CT molecular complexity index is 442. The molecular formula is C20H33N. The summed E-state index contributed by atoms with van der Waals surface area (Å²) in [5, 5.41) is 3.59. The van der Waals surface area contributed by atoms with Gasteiger partial charge in [0.15, 0.2) is 0 Å². The van der Waals surface area contributed by atoms with E-state index in [4.69, 9.17) is 0 Å². The normalized spacial score (nSPS) is 17.6. The van der Waals surface area contributed by atoms with E-state index in [1.165, 1.54) is 56.2 Å². The molecule has 1 aromatic carbocycles. The van der Waals surface area contributed by atoms with Crippen LogP contribution in [0.2, 0.25) is 0 Å². The highest BCUT2D eigenvalue weighted by molar-refractivity contribution is 5.59. The number of hydrogen-bond acceptors (Lipinski definition) is 1. The summed E-state index contributed by atoms with van der Waals surface area (Å²) in [6.45, 7) is 10.3. The average molecular weight is 287 g/mol. The smallest absolute Gasteiger partial charge is 0.0376 e. The third-order valence-electron chi connectivity index (χ3n) is 4.80. The number of hydrogen-bond donors (Lipinski definition) is 1. The predicted molar refractivity (Wildman–Crippen MR) is 94.4 cm³/mol. The van der Waals surface area contributed by atoms with E-state index in [2.05, 4.69) is 51.2 Å². The maximum absolute atomic E-state index is 3.59. The van der Waals surface area contributed by atoms with Gasteiger partial charge in [-0.25, -0.2) is 0 Å². The van der Waals surface area contributed by atoms with Crippen LogP contribution in [-0.2, 0) is 5.41 Å². The first-order valence-electron chi connectivity index (χ1n) is 8.90. The Kier molecular flexibility index (Phi) is 5.72. The number of anilines is 1. The molecule has 1 aliphatic heterocycles. The van der Waals surface area contributed by atoms with Gasteiger partial charge in [-0.1, -0.05) is 78.4 Å². The van der Waals surface area contributed by atoms with Gasteiger partial charge in [0.05, 0.1) is 0 Å². The molecule has 1 nitrogen and oxygen atoms in total. The second kappa shape index (κ2) is 7.33. The number of benzene rings is 1. The lowest BCUT2D eigenvalue weighted by Gasteiger charge is -2.21. The van der Waals surface area contributed by atoms with Gasteiger partial charge >= 0.3 is 0 Å². The van der Waals surface area contributed by atoms with Crippen LogP contribution in [0.1, 0.15) is 89.7 Å². The van der Waals surface area contributed by atoms with Crippen LogP contribution in [0.5, 0.6) is 0 Å².